The molecule has 2 unspecified atom stereocenters. The first kappa shape index (κ1) is 26.2. The van der Waals surface area contributed by atoms with Crippen molar-refractivity contribution in [2.45, 2.75) is 52.1 Å². The largest absolute Gasteiger partial charge is 0.357 e. The van der Waals surface area contributed by atoms with Gasteiger partial charge in [-0.2, -0.15) is 0 Å². The fraction of sp³-hybridized carbons (Fsp3) is 0.667. The number of guanidine groups is 1. The molecule has 0 amide bonds. The molecule has 1 saturated heterocycles. The lowest BCUT2D eigenvalue weighted by Crippen LogP contribution is -2.43. The molecule has 2 N–H and O–H groups in total. The fourth-order valence-corrected chi connectivity index (χ4v) is 4.25. The normalized spacial score (nSPS) is 17.4. The molecular weight excluding hydrogens is 499 g/mol. The molecule has 1 fully saturated rings. The standard InChI is InChI=1S/C21H36N4O2S.HI/c1-5-22-21(24-18(3)12-15-28(4,26)27)23-16-20(25-13-6-7-14-25)19-10-8-17(2)9-11-19;/h8-11,18,20H,5-7,12-16H2,1-4H3,(H2,22,23,24);1H. The first-order valence-corrected chi connectivity index (χ1v) is 12.4. The van der Waals surface area contributed by atoms with Gasteiger partial charge in [0.25, 0.3) is 0 Å². The zero-order valence-corrected chi connectivity index (χ0v) is 21.3. The van der Waals surface area contributed by atoms with E-state index in [0.29, 0.717) is 13.0 Å². The Labute approximate surface area is 193 Å². The molecule has 2 atom stereocenters. The van der Waals surface area contributed by atoms with E-state index in [-0.39, 0.29) is 41.8 Å². The molecule has 0 radical (unpaired) electrons. The molecule has 1 aromatic rings. The zero-order chi connectivity index (χ0) is 20.6. The summed E-state index contributed by atoms with van der Waals surface area (Å²) >= 11 is 0. The van der Waals surface area contributed by atoms with E-state index < -0.39 is 9.84 Å². The summed E-state index contributed by atoms with van der Waals surface area (Å²) in [7, 11) is -2.95. The van der Waals surface area contributed by atoms with Crippen LogP contribution >= 0.6 is 24.0 Å². The topological polar surface area (TPSA) is 73.8 Å². The number of nitrogens with one attached hydrogen (secondary N) is 2. The first-order valence-electron chi connectivity index (χ1n) is 10.3. The van der Waals surface area contributed by atoms with Gasteiger partial charge in [0.05, 0.1) is 18.3 Å². The third-order valence-electron chi connectivity index (χ3n) is 5.11. The summed E-state index contributed by atoms with van der Waals surface area (Å²) in [6.07, 6.45) is 4.33. The van der Waals surface area contributed by atoms with Crippen LogP contribution in [0.25, 0.3) is 0 Å². The van der Waals surface area contributed by atoms with E-state index in [1.165, 1.54) is 30.2 Å². The highest BCUT2D eigenvalue weighted by atomic mass is 127. The molecule has 6 nitrogen and oxygen atoms in total. The van der Waals surface area contributed by atoms with Crippen LogP contribution in [0.1, 0.15) is 50.3 Å². The van der Waals surface area contributed by atoms with Crippen molar-refractivity contribution < 1.29 is 8.42 Å². The van der Waals surface area contributed by atoms with Crippen LogP contribution in [-0.2, 0) is 9.84 Å². The molecule has 0 aromatic heterocycles. The fourth-order valence-electron chi connectivity index (χ4n) is 3.47. The molecular formula is C21H37IN4O2S. The molecule has 2 rings (SSSR count). The summed E-state index contributed by atoms with van der Waals surface area (Å²) in [5.41, 5.74) is 2.57. The molecule has 166 valence electrons. The van der Waals surface area contributed by atoms with Crippen molar-refractivity contribution >= 4 is 39.8 Å². The Morgan fingerprint density at radius 3 is 2.38 bits per heavy atom. The monoisotopic (exact) mass is 536 g/mol. The van der Waals surface area contributed by atoms with Crippen molar-refractivity contribution in [1.82, 2.24) is 15.5 Å². The van der Waals surface area contributed by atoms with Crippen LogP contribution in [0.3, 0.4) is 0 Å². The zero-order valence-electron chi connectivity index (χ0n) is 18.1. The van der Waals surface area contributed by atoms with E-state index in [2.05, 4.69) is 46.7 Å². The van der Waals surface area contributed by atoms with Crippen molar-refractivity contribution in [3.05, 3.63) is 35.4 Å². The van der Waals surface area contributed by atoms with Gasteiger partial charge in [0.1, 0.15) is 9.84 Å². The highest BCUT2D eigenvalue weighted by Gasteiger charge is 2.23. The summed E-state index contributed by atoms with van der Waals surface area (Å²) in [5, 5.41) is 6.64. The number of aryl methyl sites for hydroxylation is 1. The number of sulfone groups is 1. The molecule has 0 saturated carbocycles. The van der Waals surface area contributed by atoms with Gasteiger partial charge in [0.15, 0.2) is 5.96 Å². The average Bonchev–Trinajstić information content (AvgIpc) is 3.15. The second kappa shape index (κ2) is 12.7. The number of hydrogen-bond donors (Lipinski definition) is 2. The number of halogens is 1. The lowest BCUT2D eigenvalue weighted by atomic mass is 10.0. The van der Waals surface area contributed by atoms with E-state index in [1.807, 2.05) is 13.8 Å². The Morgan fingerprint density at radius 1 is 1.21 bits per heavy atom. The Hall–Kier alpha value is -0.870. The van der Waals surface area contributed by atoms with Crippen LogP contribution in [0.2, 0.25) is 0 Å². The minimum absolute atomic E-state index is 0. The molecule has 0 bridgehead atoms. The van der Waals surface area contributed by atoms with Gasteiger partial charge in [-0.1, -0.05) is 29.8 Å². The minimum atomic E-state index is -2.95. The molecule has 29 heavy (non-hydrogen) atoms. The van der Waals surface area contributed by atoms with Crippen LogP contribution in [0.5, 0.6) is 0 Å². The van der Waals surface area contributed by atoms with Crippen molar-refractivity contribution in [2.75, 3.05) is 38.2 Å². The second-order valence-electron chi connectivity index (χ2n) is 7.85. The van der Waals surface area contributed by atoms with Crippen LogP contribution in [-0.4, -0.2) is 63.5 Å². The number of benzene rings is 1. The Bertz CT molecular complexity index is 732. The highest BCUT2D eigenvalue weighted by molar-refractivity contribution is 14.0. The van der Waals surface area contributed by atoms with Gasteiger partial charge in [-0.3, -0.25) is 9.89 Å². The van der Waals surface area contributed by atoms with Crippen LogP contribution in [0.4, 0.5) is 0 Å². The third kappa shape index (κ3) is 9.65. The minimum Gasteiger partial charge on any atom is -0.357 e. The Kier molecular flexibility index (Phi) is 11.5. The van der Waals surface area contributed by atoms with Crippen molar-refractivity contribution in [2.24, 2.45) is 4.99 Å². The summed E-state index contributed by atoms with van der Waals surface area (Å²) in [6.45, 7) is 9.82. The lowest BCUT2D eigenvalue weighted by Gasteiger charge is -2.27. The van der Waals surface area contributed by atoms with Crippen molar-refractivity contribution in [1.29, 1.82) is 0 Å². The van der Waals surface area contributed by atoms with E-state index >= 15 is 0 Å². The van der Waals surface area contributed by atoms with Gasteiger partial charge in [0.2, 0.25) is 0 Å². The maximum atomic E-state index is 11.4. The molecule has 1 aliphatic heterocycles. The highest BCUT2D eigenvalue weighted by Crippen LogP contribution is 2.25. The number of hydrogen-bond acceptors (Lipinski definition) is 4. The van der Waals surface area contributed by atoms with E-state index in [4.69, 9.17) is 4.99 Å². The Balaban J connectivity index is 0.00000420. The van der Waals surface area contributed by atoms with Crippen molar-refractivity contribution in [3.63, 3.8) is 0 Å². The maximum Gasteiger partial charge on any atom is 0.191 e. The lowest BCUT2D eigenvalue weighted by molar-refractivity contribution is 0.251. The van der Waals surface area contributed by atoms with Gasteiger partial charge < -0.3 is 10.6 Å². The maximum absolute atomic E-state index is 11.4. The summed E-state index contributed by atoms with van der Waals surface area (Å²) < 4.78 is 22.8. The van der Waals surface area contributed by atoms with Gasteiger partial charge in [-0.15, -0.1) is 24.0 Å². The van der Waals surface area contributed by atoms with Gasteiger partial charge >= 0.3 is 0 Å². The van der Waals surface area contributed by atoms with E-state index in [9.17, 15) is 8.42 Å². The summed E-state index contributed by atoms with van der Waals surface area (Å²) in [6, 6.07) is 9.06. The predicted molar refractivity (Wildman–Crippen MR) is 133 cm³/mol. The van der Waals surface area contributed by atoms with E-state index in [1.54, 1.807) is 0 Å². The van der Waals surface area contributed by atoms with Crippen molar-refractivity contribution in [3.8, 4) is 0 Å². The molecule has 8 heteroatoms. The molecule has 1 heterocycles. The molecule has 1 aromatic carbocycles. The molecule has 1 aliphatic rings. The van der Waals surface area contributed by atoms with Gasteiger partial charge in [-0.05, 0) is 58.7 Å². The number of rotatable bonds is 9. The second-order valence-corrected chi connectivity index (χ2v) is 10.1. The Morgan fingerprint density at radius 2 is 1.83 bits per heavy atom. The summed E-state index contributed by atoms with van der Waals surface area (Å²) in [4.78, 5) is 7.36. The number of nitrogens with zero attached hydrogens (tertiary/aromatic N) is 2. The van der Waals surface area contributed by atoms with Gasteiger partial charge in [0, 0.05) is 18.8 Å². The first-order chi connectivity index (χ1) is 13.3. The third-order valence-corrected chi connectivity index (χ3v) is 6.09. The quantitative estimate of drug-likeness (QED) is 0.288. The van der Waals surface area contributed by atoms with Crippen LogP contribution < -0.4 is 10.6 Å². The van der Waals surface area contributed by atoms with Crippen LogP contribution in [0, 0.1) is 6.92 Å². The SMILES string of the molecule is CCNC(=NCC(c1ccc(C)cc1)N1CCCC1)NC(C)CCS(C)(=O)=O.I. The summed E-state index contributed by atoms with van der Waals surface area (Å²) in [5.74, 6) is 0.931. The number of likely N-dealkylation sites (tertiary alicyclic amines) is 1. The molecule has 0 aliphatic carbocycles. The smallest absolute Gasteiger partial charge is 0.191 e. The van der Waals surface area contributed by atoms with Gasteiger partial charge in [-0.25, -0.2) is 8.42 Å². The predicted octanol–water partition coefficient (Wildman–Crippen LogP) is 3.13. The number of aliphatic imine (C=N–C) groups is 1. The van der Waals surface area contributed by atoms with E-state index in [0.717, 1.165) is 25.6 Å². The molecule has 0 spiro atoms. The average molecular weight is 537 g/mol. The van der Waals surface area contributed by atoms with Crippen LogP contribution in [0.15, 0.2) is 29.3 Å².